The highest BCUT2D eigenvalue weighted by molar-refractivity contribution is 5.92. The van der Waals surface area contributed by atoms with Crippen LogP contribution in [0.4, 0.5) is 11.4 Å². The number of aromatic nitrogens is 1. The molecule has 4 heteroatoms. The molecule has 4 rings (SSSR count). The number of hydrogen-bond donors (Lipinski definition) is 1. The van der Waals surface area contributed by atoms with Gasteiger partial charge in [-0.1, -0.05) is 48.5 Å². The molecular weight excluding hydrogens is 346 g/mol. The maximum Gasteiger partial charge on any atom is 0.269 e. The van der Waals surface area contributed by atoms with Gasteiger partial charge in [0.2, 0.25) is 0 Å². The first-order chi connectivity index (χ1) is 13.8. The Bertz CT molecular complexity index is 922. The number of rotatable bonds is 6. The topological polar surface area (TPSA) is 45.2 Å². The van der Waals surface area contributed by atoms with Gasteiger partial charge in [0, 0.05) is 18.8 Å². The molecular formula is C24H25N3O. The van der Waals surface area contributed by atoms with Crippen molar-refractivity contribution in [3.05, 3.63) is 89.7 Å². The number of carbonyl (C=O) groups is 1. The molecule has 0 atom stereocenters. The van der Waals surface area contributed by atoms with E-state index in [2.05, 4.69) is 51.6 Å². The van der Waals surface area contributed by atoms with E-state index in [4.69, 9.17) is 0 Å². The Morgan fingerprint density at radius 2 is 1.82 bits per heavy atom. The Balaban J connectivity index is 1.34. The third-order valence-electron chi connectivity index (χ3n) is 5.17. The van der Waals surface area contributed by atoms with Crippen LogP contribution < -0.4 is 10.2 Å². The number of benzene rings is 2. The van der Waals surface area contributed by atoms with E-state index in [1.54, 1.807) is 6.20 Å². The molecule has 28 heavy (non-hydrogen) atoms. The van der Waals surface area contributed by atoms with Crippen LogP contribution in [-0.4, -0.2) is 24.0 Å². The van der Waals surface area contributed by atoms with Crippen LogP contribution in [0, 0.1) is 0 Å². The molecule has 0 saturated carbocycles. The molecule has 4 nitrogen and oxygen atoms in total. The van der Waals surface area contributed by atoms with Gasteiger partial charge < -0.3 is 10.2 Å². The van der Waals surface area contributed by atoms with Gasteiger partial charge in [0.15, 0.2) is 0 Å². The summed E-state index contributed by atoms with van der Waals surface area (Å²) in [7, 11) is 0. The summed E-state index contributed by atoms with van der Waals surface area (Å²) in [6.45, 7) is 1.63. The summed E-state index contributed by atoms with van der Waals surface area (Å²) < 4.78 is 0. The Morgan fingerprint density at radius 3 is 2.64 bits per heavy atom. The summed E-state index contributed by atoms with van der Waals surface area (Å²) in [5.74, 6) is -0.112. The van der Waals surface area contributed by atoms with E-state index in [0.717, 1.165) is 37.9 Å². The van der Waals surface area contributed by atoms with Crippen molar-refractivity contribution in [2.24, 2.45) is 0 Å². The van der Waals surface area contributed by atoms with Gasteiger partial charge in [0.25, 0.3) is 5.91 Å². The minimum atomic E-state index is -0.112. The number of carbonyl (C=O) groups excluding carboxylic acids is 1. The van der Waals surface area contributed by atoms with E-state index in [-0.39, 0.29) is 5.91 Å². The average Bonchev–Trinajstić information content (AvgIpc) is 2.77. The van der Waals surface area contributed by atoms with Crippen LogP contribution >= 0.6 is 0 Å². The van der Waals surface area contributed by atoms with Crippen LogP contribution in [-0.2, 0) is 12.8 Å². The minimum Gasteiger partial charge on any atom is -0.351 e. The number of para-hydroxylation sites is 1. The Morgan fingerprint density at radius 1 is 1.00 bits per heavy atom. The highest BCUT2D eigenvalue weighted by Crippen LogP contribution is 2.32. The SMILES string of the molecule is O=C(NCCCc1ccccc1)c1ccc(N2CCCc3ccccc32)cn1. The lowest BCUT2D eigenvalue weighted by Gasteiger charge is -2.31. The third-order valence-corrected chi connectivity index (χ3v) is 5.17. The second-order valence-electron chi connectivity index (χ2n) is 7.13. The number of amides is 1. The largest absolute Gasteiger partial charge is 0.351 e. The molecule has 1 N–H and O–H groups in total. The van der Waals surface area contributed by atoms with Crippen LogP contribution in [0.1, 0.15) is 34.5 Å². The predicted molar refractivity (Wildman–Crippen MR) is 113 cm³/mol. The standard InChI is InChI=1S/C24H25N3O/c28-24(25-16-6-10-19-8-2-1-3-9-19)22-15-14-21(18-26-22)27-17-7-12-20-11-4-5-13-23(20)27/h1-5,8-9,11,13-15,18H,6-7,10,12,16-17H2,(H,25,28). The van der Waals surface area contributed by atoms with Crippen molar-refractivity contribution < 1.29 is 4.79 Å². The smallest absolute Gasteiger partial charge is 0.269 e. The molecule has 2 aromatic carbocycles. The highest BCUT2D eigenvalue weighted by Gasteiger charge is 2.18. The molecule has 1 amide bonds. The van der Waals surface area contributed by atoms with Crippen LogP contribution in [0.5, 0.6) is 0 Å². The molecule has 2 heterocycles. The van der Waals surface area contributed by atoms with Gasteiger partial charge in [-0.15, -0.1) is 0 Å². The number of pyridine rings is 1. The molecule has 142 valence electrons. The highest BCUT2D eigenvalue weighted by atomic mass is 16.1. The van der Waals surface area contributed by atoms with Gasteiger partial charge in [-0.2, -0.15) is 0 Å². The summed E-state index contributed by atoms with van der Waals surface area (Å²) >= 11 is 0. The quantitative estimate of drug-likeness (QED) is 0.648. The zero-order valence-electron chi connectivity index (χ0n) is 16.0. The number of anilines is 2. The number of aryl methyl sites for hydroxylation is 2. The Labute approximate surface area is 166 Å². The average molecular weight is 371 g/mol. The zero-order chi connectivity index (χ0) is 19.2. The summed E-state index contributed by atoms with van der Waals surface area (Å²) in [6, 6.07) is 22.6. The molecule has 3 aromatic rings. The maximum absolute atomic E-state index is 12.4. The van der Waals surface area contributed by atoms with Crippen molar-refractivity contribution in [2.45, 2.75) is 25.7 Å². The number of nitrogens with zero attached hydrogens (tertiary/aromatic N) is 2. The molecule has 0 aliphatic carbocycles. The predicted octanol–water partition coefficient (Wildman–Crippen LogP) is 4.53. The Kier molecular flexibility index (Phi) is 5.66. The molecule has 0 saturated heterocycles. The van der Waals surface area contributed by atoms with Crippen molar-refractivity contribution >= 4 is 17.3 Å². The molecule has 0 bridgehead atoms. The third kappa shape index (κ3) is 4.22. The second kappa shape index (κ2) is 8.70. The van der Waals surface area contributed by atoms with Gasteiger partial charge in [-0.05, 0) is 55.0 Å². The van der Waals surface area contributed by atoms with E-state index < -0.39 is 0 Å². The van der Waals surface area contributed by atoms with Crippen molar-refractivity contribution in [3.63, 3.8) is 0 Å². The monoisotopic (exact) mass is 371 g/mol. The molecule has 1 aliphatic heterocycles. The first-order valence-electron chi connectivity index (χ1n) is 9.95. The van der Waals surface area contributed by atoms with Gasteiger partial charge in [-0.3, -0.25) is 4.79 Å². The van der Waals surface area contributed by atoms with Crippen LogP contribution in [0.25, 0.3) is 0 Å². The number of nitrogens with one attached hydrogen (secondary N) is 1. The van der Waals surface area contributed by atoms with Crippen molar-refractivity contribution in [1.29, 1.82) is 0 Å². The lowest BCUT2D eigenvalue weighted by molar-refractivity contribution is 0.0948. The fourth-order valence-corrected chi connectivity index (χ4v) is 3.71. The lowest BCUT2D eigenvalue weighted by Crippen LogP contribution is -2.27. The van der Waals surface area contributed by atoms with Gasteiger partial charge in [-0.25, -0.2) is 4.98 Å². The van der Waals surface area contributed by atoms with Gasteiger partial charge in [0.05, 0.1) is 11.9 Å². The molecule has 0 spiro atoms. The first kappa shape index (κ1) is 18.2. The van der Waals surface area contributed by atoms with E-state index in [1.807, 2.05) is 30.3 Å². The molecule has 1 aromatic heterocycles. The lowest BCUT2D eigenvalue weighted by atomic mass is 10.0. The molecule has 0 unspecified atom stereocenters. The van der Waals surface area contributed by atoms with Crippen molar-refractivity contribution in [1.82, 2.24) is 10.3 Å². The minimum absolute atomic E-state index is 0.112. The zero-order valence-corrected chi connectivity index (χ0v) is 16.0. The van der Waals surface area contributed by atoms with E-state index in [0.29, 0.717) is 12.2 Å². The fourth-order valence-electron chi connectivity index (χ4n) is 3.71. The molecule has 1 aliphatic rings. The summed E-state index contributed by atoms with van der Waals surface area (Å²) in [5.41, 5.74) is 5.41. The van der Waals surface area contributed by atoms with Crippen LogP contribution in [0.3, 0.4) is 0 Å². The van der Waals surface area contributed by atoms with Crippen molar-refractivity contribution in [2.75, 3.05) is 18.0 Å². The fraction of sp³-hybridized carbons (Fsp3) is 0.250. The van der Waals surface area contributed by atoms with E-state index in [9.17, 15) is 4.79 Å². The maximum atomic E-state index is 12.4. The Hall–Kier alpha value is -3.14. The van der Waals surface area contributed by atoms with Gasteiger partial charge in [0.1, 0.15) is 5.69 Å². The van der Waals surface area contributed by atoms with E-state index >= 15 is 0 Å². The first-order valence-corrected chi connectivity index (χ1v) is 9.95. The number of hydrogen-bond acceptors (Lipinski definition) is 3. The molecule has 0 radical (unpaired) electrons. The summed E-state index contributed by atoms with van der Waals surface area (Å²) in [4.78, 5) is 19.0. The van der Waals surface area contributed by atoms with Crippen molar-refractivity contribution in [3.8, 4) is 0 Å². The summed E-state index contributed by atoms with van der Waals surface area (Å²) in [5, 5.41) is 2.97. The number of fused-ring (bicyclic) bond motifs is 1. The normalized spacial score (nSPS) is 13.1. The summed E-state index contributed by atoms with van der Waals surface area (Å²) in [6.07, 6.45) is 5.92. The van der Waals surface area contributed by atoms with Crippen LogP contribution in [0.15, 0.2) is 72.9 Å². The van der Waals surface area contributed by atoms with Gasteiger partial charge >= 0.3 is 0 Å². The van der Waals surface area contributed by atoms with E-state index in [1.165, 1.54) is 16.8 Å². The second-order valence-corrected chi connectivity index (χ2v) is 7.13. The van der Waals surface area contributed by atoms with Crippen LogP contribution in [0.2, 0.25) is 0 Å². The molecule has 0 fully saturated rings.